The second-order valence-electron chi connectivity index (χ2n) is 4.07. The lowest BCUT2D eigenvalue weighted by atomic mass is 10.2. The van der Waals surface area contributed by atoms with Crippen molar-refractivity contribution in [3.05, 3.63) is 40.3 Å². The summed E-state index contributed by atoms with van der Waals surface area (Å²) >= 11 is 1.64. The summed E-state index contributed by atoms with van der Waals surface area (Å²) in [5.74, 6) is 0.482. The zero-order chi connectivity index (χ0) is 12.7. The Balaban J connectivity index is 0.00000133. The van der Waals surface area contributed by atoms with Crippen molar-refractivity contribution in [2.24, 2.45) is 10.7 Å². The number of fused-ring (bicyclic) bond motifs is 2. The standard InChI is InChI=1S/C13H10N4S.ClH/c1-7-4-9-12(15)16-11-5-8(6-14)2-3-10(11)17-13(9)18-7;/h2-5,17H,1H3,(H2,15,16);1H. The molecule has 0 radical (unpaired) electrons. The molecule has 19 heavy (non-hydrogen) atoms. The first-order valence-corrected chi connectivity index (χ1v) is 6.25. The predicted octanol–water partition coefficient (Wildman–Crippen LogP) is 3.44. The summed E-state index contributed by atoms with van der Waals surface area (Å²) in [6, 6.07) is 9.48. The van der Waals surface area contributed by atoms with Crippen LogP contribution in [0.5, 0.6) is 0 Å². The Labute approximate surface area is 121 Å². The van der Waals surface area contributed by atoms with Crippen LogP contribution in [0.4, 0.5) is 16.4 Å². The van der Waals surface area contributed by atoms with Crippen molar-refractivity contribution in [1.29, 1.82) is 5.26 Å². The van der Waals surface area contributed by atoms with Gasteiger partial charge in [0.15, 0.2) is 0 Å². The zero-order valence-corrected chi connectivity index (χ0v) is 11.7. The van der Waals surface area contributed by atoms with Crippen LogP contribution in [0.3, 0.4) is 0 Å². The first kappa shape index (κ1) is 13.4. The zero-order valence-electron chi connectivity index (χ0n) is 10.1. The van der Waals surface area contributed by atoms with Crippen LogP contribution >= 0.6 is 23.7 Å². The van der Waals surface area contributed by atoms with Crippen LogP contribution in [0.25, 0.3) is 0 Å². The third kappa shape index (κ3) is 2.28. The van der Waals surface area contributed by atoms with Gasteiger partial charge in [-0.1, -0.05) is 0 Å². The van der Waals surface area contributed by atoms with Crippen LogP contribution in [-0.2, 0) is 0 Å². The van der Waals surface area contributed by atoms with E-state index in [1.54, 1.807) is 23.5 Å². The molecular weight excluding hydrogens is 280 g/mol. The van der Waals surface area contributed by atoms with Crippen molar-refractivity contribution in [2.75, 3.05) is 5.32 Å². The molecule has 2 aromatic rings. The second-order valence-corrected chi connectivity index (χ2v) is 5.32. The lowest BCUT2D eigenvalue weighted by Crippen LogP contribution is -2.11. The lowest BCUT2D eigenvalue weighted by Gasteiger charge is -2.05. The summed E-state index contributed by atoms with van der Waals surface area (Å²) in [7, 11) is 0. The Morgan fingerprint density at radius 3 is 2.89 bits per heavy atom. The van der Waals surface area contributed by atoms with Gasteiger partial charge < -0.3 is 11.1 Å². The fourth-order valence-electron chi connectivity index (χ4n) is 1.91. The van der Waals surface area contributed by atoms with Gasteiger partial charge in [0, 0.05) is 4.88 Å². The van der Waals surface area contributed by atoms with E-state index in [2.05, 4.69) is 16.4 Å². The van der Waals surface area contributed by atoms with E-state index in [0.29, 0.717) is 17.1 Å². The van der Waals surface area contributed by atoms with Gasteiger partial charge in [0.2, 0.25) is 0 Å². The van der Waals surface area contributed by atoms with Crippen LogP contribution in [0, 0.1) is 18.3 Å². The average molecular weight is 291 g/mol. The minimum atomic E-state index is 0. The molecule has 1 aliphatic heterocycles. The minimum Gasteiger partial charge on any atom is -0.383 e. The molecule has 0 bridgehead atoms. The molecule has 1 aromatic carbocycles. The number of nitriles is 1. The summed E-state index contributed by atoms with van der Waals surface area (Å²) < 4.78 is 0. The Kier molecular flexibility index (Phi) is 3.47. The average Bonchev–Trinajstić information content (AvgIpc) is 2.67. The van der Waals surface area contributed by atoms with Gasteiger partial charge >= 0.3 is 0 Å². The van der Waals surface area contributed by atoms with Crippen molar-refractivity contribution in [3.63, 3.8) is 0 Å². The maximum absolute atomic E-state index is 8.90. The summed E-state index contributed by atoms with van der Waals surface area (Å²) in [6.45, 7) is 2.04. The van der Waals surface area contributed by atoms with Gasteiger partial charge in [-0.05, 0) is 31.2 Å². The van der Waals surface area contributed by atoms with Gasteiger partial charge in [-0.25, -0.2) is 4.99 Å². The Bertz CT molecular complexity index is 712. The molecule has 1 aliphatic rings. The monoisotopic (exact) mass is 290 g/mol. The molecule has 0 atom stereocenters. The molecule has 1 aromatic heterocycles. The predicted molar refractivity (Wildman–Crippen MR) is 81.1 cm³/mol. The second kappa shape index (κ2) is 4.92. The maximum atomic E-state index is 8.90. The van der Waals surface area contributed by atoms with Crippen molar-refractivity contribution in [1.82, 2.24) is 0 Å². The summed E-state index contributed by atoms with van der Waals surface area (Å²) in [4.78, 5) is 5.57. The van der Waals surface area contributed by atoms with E-state index in [0.717, 1.165) is 16.3 Å². The van der Waals surface area contributed by atoms with Gasteiger partial charge in [-0.2, -0.15) is 5.26 Å². The smallest absolute Gasteiger partial charge is 0.134 e. The normalized spacial score (nSPS) is 11.9. The molecule has 96 valence electrons. The fraction of sp³-hybridized carbons (Fsp3) is 0.0769. The van der Waals surface area contributed by atoms with Crippen LogP contribution < -0.4 is 11.1 Å². The number of anilines is 2. The largest absolute Gasteiger partial charge is 0.383 e. The summed E-state index contributed by atoms with van der Waals surface area (Å²) in [5.41, 5.74) is 9.07. The first-order valence-electron chi connectivity index (χ1n) is 5.43. The van der Waals surface area contributed by atoms with Gasteiger partial charge in [-0.3, -0.25) is 0 Å². The van der Waals surface area contributed by atoms with Crippen molar-refractivity contribution in [3.8, 4) is 6.07 Å². The molecule has 3 rings (SSSR count). The van der Waals surface area contributed by atoms with E-state index in [1.807, 2.05) is 19.1 Å². The number of amidine groups is 1. The summed E-state index contributed by atoms with van der Waals surface area (Å²) in [6.07, 6.45) is 0. The Morgan fingerprint density at radius 1 is 1.37 bits per heavy atom. The van der Waals surface area contributed by atoms with Gasteiger partial charge in [0.05, 0.1) is 28.6 Å². The van der Waals surface area contributed by atoms with Crippen LogP contribution in [0.1, 0.15) is 16.0 Å². The Hall–Kier alpha value is -2.03. The molecule has 0 fully saturated rings. The highest BCUT2D eigenvalue weighted by Gasteiger charge is 2.17. The number of aliphatic imine (C=N–C) groups is 1. The minimum absolute atomic E-state index is 0. The molecule has 0 unspecified atom stereocenters. The Morgan fingerprint density at radius 2 is 2.16 bits per heavy atom. The van der Waals surface area contributed by atoms with Gasteiger partial charge in [0.25, 0.3) is 0 Å². The SMILES string of the molecule is Cc1cc2c(s1)Nc1ccc(C#N)cc1N=C2N.Cl. The number of hydrogen-bond donors (Lipinski definition) is 2. The van der Waals surface area contributed by atoms with Crippen molar-refractivity contribution in [2.45, 2.75) is 6.92 Å². The number of benzene rings is 1. The number of rotatable bonds is 0. The number of nitrogens with two attached hydrogens (primary N) is 1. The van der Waals surface area contributed by atoms with Crippen LogP contribution in [0.15, 0.2) is 29.3 Å². The van der Waals surface area contributed by atoms with Gasteiger partial charge in [-0.15, -0.1) is 23.7 Å². The van der Waals surface area contributed by atoms with Crippen LogP contribution in [0.2, 0.25) is 0 Å². The van der Waals surface area contributed by atoms with E-state index < -0.39 is 0 Å². The van der Waals surface area contributed by atoms with Crippen molar-refractivity contribution >= 4 is 46.0 Å². The molecule has 3 N–H and O–H groups in total. The molecule has 0 aliphatic carbocycles. The van der Waals surface area contributed by atoms with Gasteiger partial charge in [0.1, 0.15) is 10.8 Å². The number of hydrogen-bond acceptors (Lipinski definition) is 5. The van der Waals surface area contributed by atoms with E-state index in [1.165, 1.54) is 4.88 Å². The maximum Gasteiger partial charge on any atom is 0.134 e. The molecule has 6 heteroatoms. The summed E-state index contributed by atoms with van der Waals surface area (Å²) in [5, 5.41) is 13.2. The van der Waals surface area contributed by atoms with E-state index in [9.17, 15) is 0 Å². The number of nitrogens with one attached hydrogen (secondary N) is 1. The first-order chi connectivity index (χ1) is 8.67. The van der Waals surface area contributed by atoms with Crippen molar-refractivity contribution < 1.29 is 0 Å². The topological polar surface area (TPSA) is 74.2 Å². The van der Waals surface area contributed by atoms with E-state index in [-0.39, 0.29) is 12.4 Å². The number of halogens is 1. The lowest BCUT2D eigenvalue weighted by molar-refractivity contribution is 1.44. The molecule has 0 amide bonds. The number of aryl methyl sites for hydroxylation is 1. The molecule has 0 saturated carbocycles. The van der Waals surface area contributed by atoms with E-state index in [4.69, 9.17) is 11.0 Å². The quantitative estimate of drug-likeness (QED) is 0.780. The highest BCUT2D eigenvalue weighted by molar-refractivity contribution is 7.16. The number of thiophene rings is 1. The molecular formula is C13H11ClN4S. The molecule has 2 heterocycles. The fourth-order valence-corrected chi connectivity index (χ4v) is 2.84. The molecule has 0 spiro atoms. The highest BCUT2D eigenvalue weighted by atomic mass is 35.5. The third-order valence-electron chi connectivity index (χ3n) is 2.75. The third-order valence-corrected chi connectivity index (χ3v) is 3.71. The van der Waals surface area contributed by atoms with Crippen LogP contribution in [-0.4, -0.2) is 5.84 Å². The molecule has 4 nitrogen and oxygen atoms in total. The van der Waals surface area contributed by atoms with E-state index >= 15 is 0 Å². The highest BCUT2D eigenvalue weighted by Crippen LogP contribution is 2.38. The number of nitrogens with zero attached hydrogens (tertiary/aromatic N) is 2. The molecule has 0 saturated heterocycles.